The molecule has 0 spiro atoms. The van der Waals surface area contributed by atoms with E-state index in [0.29, 0.717) is 11.2 Å². The van der Waals surface area contributed by atoms with Crippen LogP contribution in [0.2, 0.25) is 0 Å². The Morgan fingerprint density at radius 3 is 3.00 bits per heavy atom. The Morgan fingerprint density at radius 1 is 1.50 bits per heavy atom. The van der Waals surface area contributed by atoms with Crippen LogP contribution in [0.4, 0.5) is 10.1 Å². The van der Waals surface area contributed by atoms with Crippen LogP contribution in [0.3, 0.4) is 0 Å². The number of nitrogens with zero attached hydrogens (tertiary/aromatic N) is 1. The first kappa shape index (κ1) is 13.8. The summed E-state index contributed by atoms with van der Waals surface area (Å²) in [6.07, 6.45) is 2.36. The lowest BCUT2D eigenvalue weighted by Gasteiger charge is -2.29. The minimum atomic E-state index is -0.178. The predicted octanol–water partition coefficient (Wildman–Crippen LogP) is 3.58. The van der Waals surface area contributed by atoms with Crippen molar-refractivity contribution in [3.05, 3.63) is 29.6 Å². The number of rotatable bonds is 4. The molecule has 1 aromatic rings. The van der Waals surface area contributed by atoms with Crippen molar-refractivity contribution in [2.45, 2.75) is 18.2 Å². The molecule has 0 aliphatic carbocycles. The van der Waals surface area contributed by atoms with E-state index in [1.54, 1.807) is 6.07 Å². The van der Waals surface area contributed by atoms with Gasteiger partial charge in [-0.15, -0.1) is 0 Å². The Kier molecular flexibility index (Phi) is 5.01. The van der Waals surface area contributed by atoms with Crippen LogP contribution in [0.5, 0.6) is 0 Å². The Bertz CT molecular complexity index is 393. The fourth-order valence-electron chi connectivity index (χ4n) is 2.47. The molecule has 1 fully saturated rings. The van der Waals surface area contributed by atoms with E-state index in [2.05, 4.69) is 27.9 Å². The lowest BCUT2D eigenvalue weighted by molar-refractivity contribution is 0.0576. The Labute approximate surface area is 116 Å². The van der Waals surface area contributed by atoms with Crippen molar-refractivity contribution in [3.63, 3.8) is 0 Å². The van der Waals surface area contributed by atoms with Crippen molar-refractivity contribution in [2.75, 3.05) is 31.7 Å². The van der Waals surface area contributed by atoms with Crippen molar-refractivity contribution in [1.29, 1.82) is 0 Å². The molecule has 1 atom stereocenters. The van der Waals surface area contributed by atoms with Gasteiger partial charge in [0.1, 0.15) is 5.82 Å². The van der Waals surface area contributed by atoms with Crippen LogP contribution < -0.4 is 4.90 Å². The van der Waals surface area contributed by atoms with E-state index in [-0.39, 0.29) is 5.82 Å². The Morgan fingerprint density at radius 2 is 2.33 bits per heavy atom. The molecule has 1 aliphatic heterocycles. The number of anilines is 1. The van der Waals surface area contributed by atoms with Gasteiger partial charge in [-0.3, -0.25) is 0 Å². The first-order chi connectivity index (χ1) is 8.70. The standard InChI is InChI=1S/C14H19BrFNO/c1-17(9-11-3-2-6-18-10-11)14-5-4-13(16)7-12(14)8-15/h4-5,7,11H,2-3,6,8-10H2,1H3. The summed E-state index contributed by atoms with van der Waals surface area (Å²) in [4.78, 5) is 2.20. The molecule has 18 heavy (non-hydrogen) atoms. The summed E-state index contributed by atoms with van der Waals surface area (Å²) in [5.74, 6) is 0.402. The van der Waals surface area contributed by atoms with Crippen molar-refractivity contribution in [2.24, 2.45) is 5.92 Å². The SMILES string of the molecule is CN(CC1CCCOC1)c1ccc(F)cc1CBr. The van der Waals surface area contributed by atoms with E-state index in [0.717, 1.165) is 37.4 Å². The quantitative estimate of drug-likeness (QED) is 0.787. The van der Waals surface area contributed by atoms with Gasteiger partial charge < -0.3 is 9.64 Å². The van der Waals surface area contributed by atoms with Crippen molar-refractivity contribution in [3.8, 4) is 0 Å². The highest BCUT2D eigenvalue weighted by atomic mass is 79.9. The van der Waals surface area contributed by atoms with E-state index >= 15 is 0 Å². The minimum absolute atomic E-state index is 0.178. The van der Waals surface area contributed by atoms with Gasteiger partial charge in [0.15, 0.2) is 0 Å². The molecule has 1 heterocycles. The van der Waals surface area contributed by atoms with Crippen molar-refractivity contribution in [1.82, 2.24) is 0 Å². The molecule has 0 radical (unpaired) electrons. The summed E-state index contributed by atoms with van der Waals surface area (Å²) in [5, 5.41) is 0.672. The lowest BCUT2D eigenvalue weighted by Crippen LogP contribution is -2.31. The molecule has 1 aromatic carbocycles. The minimum Gasteiger partial charge on any atom is -0.381 e. The average molecular weight is 316 g/mol. The first-order valence-corrected chi connectivity index (χ1v) is 7.46. The number of ether oxygens (including phenoxy) is 1. The normalized spacial score (nSPS) is 19.8. The first-order valence-electron chi connectivity index (χ1n) is 6.34. The number of halogens is 2. The summed E-state index contributed by atoms with van der Waals surface area (Å²) in [5.41, 5.74) is 2.09. The third-order valence-electron chi connectivity index (χ3n) is 3.38. The largest absolute Gasteiger partial charge is 0.381 e. The van der Waals surface area contributed by atoms with Gasteiger partial charge in [0.25, 0.3) is 0 Å². The maximum atomic E-state index is 13.2. The number of hydrogen-bond acceptors (Lipinski definition) is 2. The summed E-state index contributed by atoms with van der Waals surface area (Å²) in [6.45, 7) is 2.70. The third-order valence-corrected chi connectivity index (χ3v) is 3.99. The van der Waals surface area contributed by atoms with Gasteiger partial charge in [0.2, 0.25) is 0 Å². The molecule has 100 valence electrons. The molecule has 1 saturated heterocycles. The summed E-state index contributed by atoms with van der Waals surface area (Å²) >= 11 is 3.42. The van der Waals surface area contributed by atoms with E-state index in [4.69, 9.17) is 4.74 Å². The van der Waals surface area contributed by atoms with Crippen molar-refractivity contribution >= 4 is 21.6 Å². The van der Waals surface area contributed by atoms with Crippen LogP contribution in [-0.4, -0.2) is 26.8 Å². The topological polar surface area (TPSA) is 12.5 Å². The molecule has 0 N–H and O–H groups in total. The molecule has 4 heteroatoms. The van der Waals surface area contributed by atoms with E-state index in [9.17, 15) is 4.39 Å². The fourth-order valence-corrected chi connectivity index (χ4v) is 2.92. The smallest absolute Gasteiger partial charge is 0.123 e. The third kappa shape index (κ3) is 3.45. The van der Waals surface area contributed by atoms with Gasteiger partial charge in [0.05, 0.1) is 6.61 Å². The molecular weight excluding hydrogens is 297 g/mol. The van der Waals surface area contributed by atoms with Gasteiger partial charge in [0, 0.05) is 31.2 Å². The van der Waals surface area contributed by atoms with E-state index in [1.807, 2.05) is 6.07 Å². The fraction of sp³-hybridized carbons (Fsp3) is 0.571. The monoisotopic (exact) mass is 315 g/mol. The van der Waals surface area contributed by atoms with Crippen LogP contribution in [0.25, 0.3) is 0 Å². The summed E-state index contributed by atoms with van der Waals surface area (Å²) < 4.78 is 18.7. The molecule has 1 unspecified atom stereocenters. The summed E-state index contributed by atoms with van der Waals surface area (Å²) in [6, 6.07) is 4.98. The molecule has 2 nitrogen and oxygen atoms in total. The molecular formula is C14H19BrFNO. The summed E-state index contributed by atoms with van der Waals surface area (Å²) in [7, 11) is 2.06. The lowest BCUT2D eigenvalue weighted by atomic mass is 10.0. The molecule has 0 bridgehead atoms. The maximum absolute atomic E-state index is 13.2. The number of hydrogen-bond donors (Lipinski definition) is 0. The Hall–Kier alpha value is -0.610. The Balaban J connectivity index is 2.05. The zero-order chi connectivity index (χ0) is 13.0. The van der Waals surface area contributed by atoms with E-state index < -0.39 is 0 Å². The number of benzene rings is 1. The second kappa shape index (κ2) is 6.53. The zero-order valence-electron chi connectivity index (χ0n) is 10.7. The highest BCUT2D eigenvalue weighted by Crippen LogP contribution is 2.25. The highest BCUT2D eigenvalue weighted by Gasteiger charge is 2.17. The number of alkyl halides is 1. The van der Waals surface area contributed by atoms with E-state index in [1.165, 1.54) is 12.5 Å². The molecule has 1 aliphatic rings. The average Bonchev–Trinajstić information content (AvgIpc) is 2.39. The van der Waals surface area contributed by atoms with Crippen LogP contribution in [0.15, 0.2) is 18.2 Å². The second-order valence-electron chi connectivity index (χ2n) is 4.87. The molecule has 0 saturated carbocycles. The molecule has 2 rings (SSSR count). The van der Waals surface area contributed by atoms with Gasteiger partial charge in [-0.25, -0.2) is 4.39 Å². The van der Waals surface area contributed by atoms with Crippen molar-refractivity contribution < 1.29 is 9.13 Å². The molecule has 0 amide bonds. The van der Waals surface area contributed by atoms with Crippen LogP contribution >= 0.6 is 15.9 Å². The highest BCUT2D eigenvalue weighted by molar-refractivity contribution is 9.08. The molecule has 0 aromatic heterocycles. The van der Waals surface area contributed by atoms with Crippen LogP contribution in [0, 0.1) is 11.7 Å². The van der Waals surface area contributed by atoms with Gasteiger partial charge in [-0.1, -0.05) is 15.9 Å². The predicted molar refractivity (Wildman–Crippen MR) is 75.8 cm³/mol. The van der Waals surface area contributed by atoms with Crippen LogP contribution in [-0.2, 0) is 10.1 Å². The van der Waals surface area contributed by atoms with Gasteiger partial charge in [-0.2, -0.15) is 0 Å². The zero-order valence-corrected chi connectivity index (χ0v) is 12.2. The van der Waals surface area contributed by atoms with Gasteiger partial charge in [-0.05, 0) is 42.5 Å². The maximum Gasteiger partial charge on any atom is 0.123 e. The van der Waals surface area contributed by atoms with Crippen LogP contribution in [0.1, 0.15) is 18.4 Å². The van der Waals surface area contributed by atoms with Gasteiger partial charge >= 0.3 is 0 Å². The second-order valence-corrected chi connectivity index (χ2v) is 5.43.